The molecule has 0 saturated carbocycles. The zero-order valence-corrected chi connectivity index (χ0v) is 12.5. The molecule has 0 amide bonds. The largest absolute Gasteiger partial charge is 0.494 e. The number of benzene rings is 1. The van der Waals surface area contributed by atoms with Crippen molar-refractivity contribution in [1.29, 1.82) is 0 Å². The van der Waals surface area contributed by atoms with Crippen LogP contribution in [-0.2, 0) is 4.74 Å². The van der Waals surface area contributed by atoms with Crippen molar-refractivity contribution in [2.75, 3.05) is 26.2 Å². The predicted octanol–water partition coefficient (Wildman–Crippen LogP) is 2.47. The summed E-state index contributed by atoms with van der Waals surface area (Å²) in [6.45, 7) is 7.69. The number of non-ortho nitro benzene ring substituents is 1. The Morgan fingerprint density at radius 1 is 1.29 bits per heavy atom. The van der Waals surface area contributed by atoms with Crippen LogP contribution in [0.2, 0.25) is 0 Å². The zero-order valence-electron chi connectivity index (χ0n) is 12.5. The van der Waals surface area contributed by atoms with Crippen molar-refractivity contribution in [2.45, 2.75) is 32.5 Å². The Kier molecular flexibility index (Phi) is 5.52. The second-order valence-corrected chi connectivity index (χ2v) is 5.47. The van der Waals surface area contributed by atoms with Crippen LogP contribution in [0.5, 0.6) is 5.75 Å². The normalized spacial score (nSPS) is 23.0. The fraction of sp³-hybridized carbons (Fsp3) is 0.600. The molecule has 1 aliphatic heterocycles. The lowest BCUT2D eigenvalue weighted by atomic mass is 10.2. The molecule has 1 saturated heterocycles. The molecular weight excluding hydrogens is 272 g/mol. The fourth-order valence-corrected chi connectivity index (χ4v) is 2.61. The third-order valence-corrected chi connectivity index (χ3v) is 3.43. The summed E-state index contributed by atoms with van der Waals surface area (Å²) in [5.74, 6) is 0.671. The van der Waals surface area contributed by atoms with Gasteiger partial charge < -0.3 is 9.47 Å². The molecule has 1 aromatic carbocycles. The smallest absolute Gasteiger partial charge is 0.269 e. The highest BCUT2D eigenvalue weighted by atomic mass is 16.6. The van der Waals surface area contributed by atoms with E-state index >= 15 is 0 Å². The molecule has 0 radical (unpaired) electrons. The topological polar surface area (TPSA) is 64.8 Å². The SMILES string of the molecule is C[C@@H]1CN(CCCOc2ccc([N+](=O)[O-])cc2)C[C@H](C)O1. The minimum atomic E-state index is -0.412. The van der Waals surface area contributed by atoms with E-state index in [9.17, 15) is 10.1 Å². The quantitative estimate of drug-likeness (QED) is 0.458. The number of morpholine rings is 1. The summed E-state index contributed by atoms with van der Waals surface area (Å²) in [6, 6.07) is 6.19. The highest BCUT2D eigenvalue weighted by molar-refractivity contribution is 5.35. The van der Waals surface area contributed by atoms with Crippen LogP contribution in [0.1, 0.15) is 20.3 Å². The average molecular weight is 294 g/mol. The molecule has 0 aliphatic carbocycles. The number of hydrogen-bond donors (Lipinski definition) is 0. The van der Waals surface area contributed by atoms with Crippen LogP contribution in [0.15, 0.2) is 24.3 Å². The van der Waals surface area contributed by atoms with Crippen LogP contribution in [0.3, 0.4) is 0 Å². The maximum Gasteiger partial charge on any atom is 0.269 e. The van der Waals surface area contributed by atoms with E-state index in [4.69, 9.17) is 9.47 Å². The van der Waals surface area contributed by atoms with E-state index < -0.39 is 4.92 Å². The van der Waals surface area contributed by atoms with Crippen molar-refractivity contribution >= 4 is 5.69 Å². The van der Waals surface area contributed by atoms with E-state index in [1.54, 1.807) is 12.1 Å². The van der Waals surface area contributed by atoms with Gasteiger partial charge in [-0.3, -0.25) is 15.0 Å². The molecule has 1 heterocycles. The van der Waals surface area contributed by atoms with Gasteiger partial charge in [-0.2, -0.15) is 0 Å². The lowest BCUT2D eigenvalue weighted by Gasteiger charge is -2.35. The van der Waals surface area contributed by atoms with Gasteiger partial charge in [-0.15, -0.1) is 0 Å². The number of nitrogens with zero attached hydrogens (tertiary/aromatic N) is 2. The first-order chi connectivity index (χ1) is 10.0. The summed E-state index contributed by atoms with van der Waals surface area (Å²) in [5.41, 5.74) is 0.0821. The molecule has 21 heavy (non-hydrogen) atoms. The highest BCUT2D eigenvalue weighted by Gasteiger charge is 2.21. The predicted molar refractivity (Wildman–Crippen MR) is 79.7 cm³/mol. The van der Waals surface area contributed by atoms with Crippen LogP contribution < -0.4 is 4.74 Å². The van der Waals surface area contributed by atoms with Gasteiger partial charge >= 0.3 is 0 Å². The molecule has 6 nitrogen and oxygen atoms in total. The zero-order chi connectivity index (χ0) is 15.2. The van der Waals surface area contributed by atoms with Gasteiger partial charge in [0.15, 0.2) is 0 Å². The lowest BCUT2D eigenvalue weighted by Crippen LogP contribution is -2.45. The first kappa shape index (κ1) is 15.7. The Labute approximate surface area is 124 Å². The molecular formula is C15H22N2O4. The van der Waals surface area contributed by atoms with Gasteiger partial charge in [-0.05, 0) is 32.4 Å². The third-order valence-electron chi connectivity index (χ3n) is 3.43. The minimum absolute atomic E-state index is 0.0821. The van der Waals surface area contributed by atoms with Gasteiger partial charge in [0.2, 0.25) is 0 Å². The Bertz CT molecular complexity index is 453. The van der Waals surface area contributed by atoms with Gasteiger partial charge in [0, 0.05) is 31.8 Å². The Morgan fingerprint density at radius 3 is 2.48 bits per heavy atom. The standard InChI is InChI=1S/C15H22N2O4/c1-12-10-16(11-13(2)21-12)8-3-9-20-15-6-4-14(5-7-15)17(18)19/h4-7,12-13H,3,8-11H2,1-2H3/t12-,13+. The minimum Gasteiger partial charge on any atom is -0.494 e. The second-order valence-electron chi connectivity index (χ2n) is 5.47. The van der Waals surface area contributed by atoms with E-state index in [2.05, 4.69) is 18.7 Å². The van der Waals surface area contributed by atoms with Crippen LogP contribution in [-0.4, -0.2) is 48.3 Å². The number of rotatable bonds is 6. The monoisotopic (exact) mass is 294 g/mol. The summed E-state index contributed by atoms with van der Waals surface area (Å²) in [6.07, 6.45) is 1.49. The molecule has 2 rings (SSSR count). The van der Waals surface area contributed by atoms with Gasteiger partial charge in [-0.1, -0.05) is 0 Å². The molecule has 0 unspecified atom stereocenters. The fourth-order valence-electron chi connectivity index (χ4n) is 2.61. The highest BCUT2D eigenvalue weighted by Crippen LogP contribution is 2.17. The molecule has 1 aromatic rings. The van der Waals surface area contributed by atoms with Gasteiger partial charge in [0.1, 0.15) is 5.75 Å². The second kappa shape index (κ2) is 7.38. The molecule has 0 aromatic heterocycles. The molecule has 116 valence electrons. The first-order valence-electron chi connectivity index (χ1n) is 7.29. The van der Waals surface area contributed by atoms with E-state index in [0.29, 0.717) is 12.4 Å². The molecule has 6 heteroatoms. The van der Waals surface area contributed by atoms with Gasteiger partial charge in [-0.25, -0.2) is 0 Å². The molecule has 0 bridgehead atoms. The van der Waals surface area contributed by atoms with Crippen LogP contribution >= 0.6 is 0 Å². The van der Waals surface area contributed by atoms with E-state index in [1.165, 1.54) is 12.1 Å². The van der Waals surface area contributed by atoms with E-state index in [0.717, 1.165) is 26.1 Å². The first-order valence-corrected chi connectivity index (χ1v) is 7.29. The van der Waals surface area contributed by atoms with Crippen molar-refractivity contribution in [1.82, 2.24) is 4.90 Å². The number of nitro groups is 1. The number of hydrogen-bond acceptors (Lipinski definition) is 5. The van der Waals surface area contributed by atoms with E-state index in [-0.39, 0.29) is 17.9 Å². The third kappa shape index (κ3) is 4.99. The van der Waals surface area contributed by atoms with Crippen LogP contribution in [0.25, 0.3) is 0 Å². The molecule has 1 aliphatic rings. The van der Waals surface area contributed by atoms with Crippen molar-refractivity contribution < 1.29 is 14.4 Å². The van der Waals surface area contributed by atoms with Crippen molar-refractivity contribution in [2.24, 2.45) is 0 Å². The van der Waals surface area contributed by atoms with Crippen LogP contribution in [0, 0.1) is 10.1 Å². The molecule has 2 atom stereocenters. The summed E-state index contributed by atoms with van der Waals surface area (Å²) < 4.78 is 11.3. The summed E-state index contributed by atoms with van der Waals surface area (Å²) in [5, 5.41) is 10.5. The Morgan fingerprint density at radius 2 is 1.90 bits per heavy atom. The molecule has 0 spiro atoms. The Balaban J connectivity index is 1.68. The Hall–Kier alpha value is -1.66. The van der Waals surface area contributed by atoms with Crippen molar-refractivity contribution in [3.63, 3.8) is 0 Å². The maximum atomic E-state index is 10.5. The van der Waals surface area contributed by atoms with E-state index in [1.807, 2.05) is 0 Å². The van der Waals surface area contributed by atoms with Crippen molar-refractivity contribution in [3.05, 3.63) is 34.4 Å². The van der Waals surface area contributed by atoms with Crippen molar-refractivity contribution in [3.8, 4) is 5.75 Å². The maximum absolute atomic E-state index is 10.5. The lowest BCUT2D eigenvalue weighted by molar-refractivity contribution is -0.384. The number of ether oxygens (including phenoxy) is 2. The van der Waals surface area contributed by atoms with Gasteiger partial charge in [0.05, 0.1) is 23.7 Å². The average Bonchev–Trinajstić information content (AvgIpc) is 2.43. The summed E-state index contributed by atoms with van der Waals surface area (Å²) in [4.78, 5) is 12.5. The molecule has 0 N–H and O–H groups in total. The van der Waals surface area contributed by atoms with Crippen LogP contribution in [0.4, 0.5) is 5.69 Å². The number of nitro benzene ring substituents is 1. The summed E-state index contributed by atoms with van der Waals surface area (Å²) >= 11 is 0. The van der Waals surface area contributed by atoms with Gasteiger partial charge in [0.25, 0.3) is 5.69 Å². The summed E-state index contributed by atoms with van der Waals surface area (Å²) in [7, 11) is 0. The molecule has 1 fully saturated rings.